The highest BCUT2D eigenvalue weighted by molar-refractivity contribution is 5.81. The molecule has 2 aromatic rings. The van der Waals surface area contributed by atoms with E-state index >= 15 is 0 Å². The molecule has 0 aliphatic heterocycles. The standard InChI is InChI=1S/C11H14N2O/c1-7(2)9-4-8-6-13(3)12-10(8)5-11(9)14/h4-7,14H,1-3H3. The van der Waals surface area contributed by atoms with Crippen LogP contribution in [-0.2, 0) is 7.05 Å². The van der Waals surface area contributed by atoms with Gasteiger partial charge in [-0.3, -0.25) is 4.68 Å². The number of phenolic OH excluding ortho intramolecular Hbond substituents is 1. The third-order valence-corrected chi connectivity index (χ3v) is 2.39. The Morgan fingerprint density at radius 2 is 2.07 bits per heavy atom. The van der Waals surface area contributed by atoms with Crippen LogP contribution in [-0.4, -0.2) is 14.9 Å². The molecule has 0 atom stereocenters. The average molecular weight is 190 g/mol. The van der Waals surface area contributed by atoms with Gasteiger partial charge in [-0.2, -0.15) is 5.10 Å². The van der Waals surface area contributed by atoms with Crippen molar-refractivity contribution >= 4 is 10.9 Å². The number of nitrogens with zero attached hydrogens (tertiary/aromatic N) is 2. The van der Waals surface area contributed by atoms with Crippen LogP contribution >= 0.6 is 0 Å². The third kappa shape index (κ3) is 1.35. The van der Waals surface area contributed by atoms with E-state index in [4.69, 9.17) is 0 Å². The largest absolute Gasteiger partial charge is 0.508 e. The summed E-state index contributed by atoms with van der Waals surface area (Å²) >= 11 is 0. The predicted molar refractivity (Wildman–Crippen MR) is 56.5 cm³/mol. The van der Waals surface area contributed by atoms with E-state index < -0.39 is 0 Å². The second-order valence-electron chi connectivity index (χ2n) is 3.93. The minimum atomic E-state index is 0.333. The molecule has 1 N–H and O–H groups in total. The van der Waals surface area contributed by atoms with Crippen LogP contribution in [0.3, 0.4) is 0 Å². The highest BCUT2D eigenvalue weighted by Gasteiger charge is 2.09. The molecule has 0 aliphatic carbocycles. The van der Waals surface area contributed by atoms with Crippen LogP contribution in [0.15, 0.2) is 18.3 Å². The first-order chi connectivity index (χ1) is 6.58. The lowest BCUT2D eigenvalue weighted by Crippen LogP contribution is -1.87. The summed E-state index contributed by atoms with van der Waals surface area (Å²) in [6, 6.07) is 3.73. The second-order valence-corrected chi connectivity index (χ2v) is 3.93. The van der Waals surface area contributed by atoms with E-state index in [1.165, 1.54) is 0 Å². The Kier molecular flexibility index (Phi) is 1.95. The highest BCUT2D eigenvalue weighted by atomic mass is 16.3. The lowest BCUT2D eigenvalue weighted by atomic mass is 10.0. The fourth-order valence-corrected chi connectivity index (χ4v) is 1.66. The molecule has 0 aliphatic rings. The van der Waals surface area contributed by atoms with Gasteiger partial charge in [-0.05, 0) is 17.5 Å². The lowest BCUT2D eigenvalue weighted by Gasteiger charge is -2.07. The summed E-state index contributed by atoms with van der Waals surface area (Å²) in [4.78, 5) is 0. The molecule has 0 bridgehead atoms. The maximum absolute atomic E-state index is 9.74. The van der Waals surface area contributed by atoms with Gasteiger partial charge < -0.3 is 5.11 Å². The van der Waals surface area contributed by atoms with Crippen LogP contribution in [0.2, 0.25) is 0 Å². The summed E-state index contributed by atoms with van der Waals surface area (Å²) in [5.74, 6) is 0.672. The molecule has 0 unspecified atom stereocenters. The fourth-order valence-electron chi connectivity index (χ4n) is 1.66. The van der Waals surface area contributed by atoms with Crippen molar-refractivity contribution in [2.45, 2.75) is 19.8 Å². The molecule has 1 aromatic carbocycles. The van der Waals surface area contributed by atoms with Crippen LogP contribution < -0.4 is 0 Å². The number of fused-ring (bicyclic) bond motifs is 1. The van der Waals surface area contributed by atoms with Crippen LogP contribution in [0.1, 0.15) is 25.3 Å². The number of aryl methyl sites for hydroxylation is 1. The van der Waals surface area contributed by atoms with Gasteiger partial charge in [-0.15, -0.1) is 0 Å². The lowest BCUT2D eigenvalue weighted by molar-refractivity contribution is 0.465. The van der Waals surface area contributed by atoms with E-state index in [-0.39, 0.29) is 0 Å². The Labute approximate surface area is 83.0 Å². The Bertz CT molecular complexity index is 471. The average Bonchev–Trinajstić information content (AvgIpc) is 2.42. The van der Waals surface area contributed by atoms with Gasteiger partial charge in [0.2, 0.25) is 0 Å². The van der Waals surface area contributed by atoms with E-state index in [1.54, 1.807) is 10.7 Å². The summed E-state index contributed by atoms with van der Waals surface area (Å²) in [5.41, 5.74) is 1.82. The van der Waals surface area contributed by atoms with E-state index in [0.717, 1.165) is 16.5 Å². The Balaban J connectivity index is 2.70. The van der Waals surface area contributed by atoms with Gasteiger partial charge in [0.1, 0.15) is 5.75 Å². The Morgan fingerprint density at radius 3 is 2.71 bits per heavy atom. The summed E-state index contributed by atoms with van der Waals surface area (Å²) in [6.07, 6.45) is 1.96. The molecular formula is C11H14N2O. The highest BCUT2D eigenvalue weighted by Crippen LogP contribution is 2.29. The monoisotopic (exact) mass is 190 g/mol. The Hall–Kier alpha value is -1.51. The minimum absolute atomic E-state index is 0.333. The molecule has 1 aromatic heterocycles. The van der Waals surface area contributed by atoms with Gasteiger partial charge in [-0.1, -0.05) is 13.8 Å². The number of benzene rings is 1. The Morgan fingerprint density at radius 1 is 1.36 bits per heavy atom. The first-order valence-corrected chi connectivity index (χ1v) is 4.74. The molecule has 74 valence electrons. The van der Waals surface area contributed by atoms with Crippen molar-refractivity contribution in [1.29, 1.82) is 0 Å². The normalized spacial score (nSPS) is 11.4. The third-order valence-electron chi connectivity index (χ3n) is 2.39. The quantitative estimate of drug-likeness (QED) is 0.749. The molecule has 0 amide bonds. The molecule has 14 heavy (non-hydrogen) atoms. The number of hydrogen-bond donors (Lipinski definition) is 1. The van der Waals surface area contributed by atoms with Crippen LogP contribution in [0, 0.1) is 0 Å². The van der Waals surface area contributed by atoms with E-state index in [0.29, 0.717) is 11.7 Å². The van der Waals surface area contributed by atoms with Crippen molar-refractivity contribution in [1.82, 2.24) is 9.78 Å². The van der Waals surface area contributed by atoms with Gasteiger partial charge in [0.25, 0.3) is 0 Å². The molecular weight excluding hydrogens is 176 g/mol. The maximum atomic E-state index is 9.74. The van der Waals surface area contributed by atoms with Crippen molar-refractivity contribution in [3.63, 3.8) is 0 Å². The zero-order chi connectivity index (χ0) is 10.3. The van der Waals surface area contributed by atoms with Gasteiger partial charge in [-0.25, -0.2) is 0 Å². The van der Waals surface area contributed by atoms with E-state index in [9.17, 15) is 5.11 Å². The molecule has 0 spiro atoms. The zero-order valence-corrected chi connectivity index (χ0v) is 8.65. The summed E-state index contributed by atoms with van der Waals surface area (Å²) in [7, 11) is 1.88. The van der Waals surface area contributed by atoms with Crippen molar-refractivity contribution < 1.29 is 5.11 Å². The number of hydrogen-bond acceptors (Lipinski definition) is 2. The molecule has 1 heterocycles. The van der Waals surface area contributed by atoms with Crippen molar-refractivity contribution in [3.05, 3.63) is 23.9 Å². The fraction of sp³-hybridized carbons (Fsp3) is 0.364. The zero-order valence-electron chi connectivity index (χ0n) is 8.65. The van der Waals surface area contributed by atoms with Crippen LogP contribution in [0.4, 0.5) is 0 Å². The molecule has 3 heteroatoms. The van der Waals surface area contributed by atoms with Gasteiger partial charge >= 0.3 is 0 Å². The predicted octanol–water partition coefficient (Wildman–Crippen LogP) is 2.40. The molecule has 2 rings (SSSR count). The van der Waals surface area contributed by atoms with E-state index in [1.807, 2.05) is 19.3 Å². The molecule has 3 nitrogen and oxygen atoms in total. The summed E-state index contributed by atoms with van der Waals surface area (Å²) in [5, 5.41) is 15.0. The smallest absolute Gasteiger partial charge is 0.121 e. The van der Waals surface area contributed by atoms with Gasteiger partial charge in [0.05, 0.1) is 5.52 Å². The first kappa shape index (κ1) is 9.06. The number of rotatable bonds is 1. The van der Waals surface area contributed by atoms with Gasteiger partial charge in [0, 0.05) is 24.7 Å². The van der Waals surface area contributed by atoms with Crippen molar-refractivity contribution in [3.8, 4) is 5.75 Å². The van der Waals surface area contributed by atoms with Crippen LogP contribution in [0.5, 0.6) is 5.75 Å². The number of aromatic nitrogens is 2. The van der Waals surface area contributed by atoms with Crippen molar-refractivity contribution in [2.75, 3.05) is 0 Å². The minimum Gasteiger partial charge on any atom is -0.508 e. The second kappa shape index (κ2) is 3.01. The number of aromatic hydroxyl groups is 1. The first-order valence-electron chi connectivity index (χ1n) is 4.74. The van der Waals surface area contributed by atoms with E-state index in [2.05, 4.69) is 18.9 Å². The van der Waals surface area contributed by atoms with Crippen LogP contribution in [0.25, 0.3) is 10.9 Å². The summed E-state index contributed by atoms with van der Waals surface area (Å²) in [6.45, 7) is 4.13. The summed E-state index contributed by atoms with van der Waals surface area (Å²) < 4.78 is 1.76. The molecule has 0 fully saturated rings. The molecule has 0 radical (unpaired) electrons. The topological polar surface area (TPSA) is 38.0 Å². The van der Waals surface area contributed by atoms with Gasteiger partial charge in [0.15, 0.2) is 0 Å². The van der Waals surface area contributed by atoms with Crippen molar-refractivity contribution in [2.24, 2.45) is 7.05 Å². The molecule has 0 saturated carbocycles. The molecule has 0 saturated heterocycles. The maximum Gasteiger partial charge on any atom is 0.121 e. The number of phenols is 1. The SMILES string of the molecule is CC(C)c1cc2cn(C)nc2cc1O.